The summed E-state index contributed by atoms with van der Waals surface area (Å²) in [6, 6.07) is 0. The lowest BCUT2D eigenvalue weighted by atomic mass is 10.9. The summed E-state index contributed by atoms with van der Waals surface area (Å²) < 4.78 is 3.06. The monoisotopic (exact) mass is 155 g/mol. The summed E-state index contributed by atoms with van der Waals surface area (Å²) in [7, 11) is 1.72. The van der Waals surface area contributed by atoms with Gasteiger partial charge in [-0.15, -0.1) is 0 Å². The molecule has 0 aromatic carbocycles. The molecule has 0 fully saturated rings. The first-order valence-corrected chi connectivity index (χ1v) is 3.56. The molecule has 0 radical (unpaired) electrons. The van der Waals surface area contributed by atoms with E-state index < -0.39 is 0 Å². The van der Waals surface area contributed by atoms with Crippen LogP contribution in [0.15, 0.2) is 17.2 Å². The molecule has 0 saturated carbocycles. The normalized spacial score (nSPS) is 10.9. The van der Waals surface area contributed by atoms with Crippen LogP contribution in [0, 0.1) is 0 Å². The molecule has 2 aromatic heterocycles. The fourth-order valence-electron chi connectivity index (χ4n) is 0.816. The third kappa shape index (κ3) is 0.550. The van der Waals surface area contributed by atoms with E-state index in [0.717, 1.165) is 4.96 Å². The van der Waals surface area contributed by atoms with Gasteiger partial charge in [0.2, 0.25) is 4.96 Å². The maximum absolute atomic E-state index is 11.1. The van der Waals surface area contributed by atoms with Gasteiger partial charge in [-0.05, 0) is 11.5 Å². The number of nitrogens with zero attached hydrogens (tertiary/aromatic N) is 3. The maximum Gasteiger partial charge on any atom is 0.343 e. The van der Waals surface area contributed by atoms with Gasteiger partial charge in [0.25, 0.3) is 0 Å². The van der Waals surface area contributed by atoms with Gasteiger partial charge in [-0.3, -0.25) is 0 Å². The van der Waals surface area contributed by atoms with E-state index in [1.165, 1.54) is 15.9 Å². The Morgan fingerprint density at radius 3 is 3.20 bits per heavy atom. The minimum atomic E-state index is -0.0301. The number of fused-ring (bicyclic) bond motifs is 1. The molecule has 10 heavy (non-hydrogen) atoms. The van der Waals surface area contributed by atoms with Crippen molar-refractivity contribution in [3.8, 4) is 0 Å². The van der Waals surface area contributed by atoms with Gasteiger partial charge in [0.1, 0.15) is 0 Å². The minimum absolute atomic E-state index is 0.0301. The van der Waals surface area contributed by atoms with E-state index in [1.807, 2.05) is 0 Å². The molecule has 2 heterocycles. The summed E-state index contributed by atoms with van der Waals surface area (Å²) in [6.45, 7) is 0. The zero-order valence-corrected chi connectivity index (χ0v) is 6.13. The second-order valence-electron chi connectivity index (χ2n) is 1.95. The van der Waals surface area contributed by atoms with Crippen molar-refractivity contribution in [2.75, 3.05) is 0 Å². The second kappa shape index (κ2) is 1.69. The molecule has 2 aromatic rings. The Morgan fingerprint density at radius 2 is 2.50 bits per heavy atom. The molecule has 4 nitrogen and oxygen atoms in total. The van der Waals surface area contributed by atoms with E-state index >= 15 is 0 Å². The Morgan fingerprint density at radius 1 is 1.70 bits per heavy atom. The summed E-state index contributed by atoms with van der Waals surface area (Å²) in [5.74, 6) is 0. The first-order valence-electron chi connectivity index (χ1n) is 2.78. The Balaban J connectivity index is 3.09. The van der Waals surface area contributed by atoms with E-state index in [2.05, 4.69) is 4.98 Å². The number of rotatable bonds is 0. The van der Waals surface area contributed by atoms with Crippen LogP contribution < -0.4 is 5.69 Å². The standard InChI is InChI=1S/C5H5N3OS/c1-7-5(9)8-3-2-6-4(8)10-7/h2-3H,1H3. The van der Waals surface area contributed by atoms with Crippen molar-refractivity contribution in [2.45, 2.75) is 0 Å². The topological polar surface area (TPSA) is 39.3 Å². The molecular weight excluding hydrogens is 150 g/mol. The van der Waals surface area contributed by atoms with Crippen molar-refractivity contribution in [3.05, 3.63) is 22.9 Å². The van der Waals surface area contributed by atoms with Gasteiger partial charge in [0, 0.05) is 19.4 Å². The highest BCUT2D eigenvalue weighted by molar-refractivity contribution is 7.11. The predicted molar refractivity (Wildman–Crippen MR) is 38.3 cm³/mol. The molecule has 0 amide bonds. The van der Waals surface area contributed by atoms with Crippen molar-refractivity contribution in [3.63, 3.8) is 0 Å². The van der Waals surface area contributed by atoms with Crippen molar-refractivity contribution in [1.82, 2.24) is 13.3 Å². The van der Waals surface area contributed by atoms with Gasteiger partial charge in [0.15, 0.2) is 0 Å². The van der Waals surface area contributed by atoms with Crippen LogP contribution in [0.3, 0.4) is 0 Å². The number of imidazole rings is 1. The van der Waals surface area contributed by atoms with E-state index in [-0.39, 0.29) is 5.69 Å². The molecule has 0 aliphatic rings. The highest BCUT2D eigenvalue weighted by Crippen LogP contribution is 2.01. The van der Waals surface area contributed by atoms with Crippen molar-refractivity contribution in [1.29, 1.82) is 0 Å². The average Bonchev–Trinajstić information content (AvgIpc) is 2.41. The van der Waals surface area contributed by atoms with Crippen LogP contribution in [0.1, 0.15) is 0 Å². The molecule has 52 valence electrons. The molecule has 0 aliphatic carbocycles. The van der Waals surface area contributed by atoms with Gasteiger partial charge in [-0.25, -0.2) is 18.1 Å². The summed E-state index contributed by atoms with van der Waals surface area (Å²) in [5, 5.41) is 0. The largest absolute Gasteiger partial charge is 0.343 e. The molecule has 5 heteroatoms. The molecule has 0 spiro atoms. The van der Waals surface area contributed by atoms with E-state index in [9.17, 15) is 4.79 Å². The Bertz CT molecular complexity index is 410. The summed E-state index contributed by atoms with van der Waals surface area (Å²) in [6.07, 6.45) is 3.28. The molecule has 0 bridgehead atoms. The number of aryl methyl sites for hydroxylation is 1. The molecular formula is C5H5N3OS. The van der Waals surface area contributed by atoms with E-state index in [4.69, 9.17) is 0 Å². The van der Waals surface area contributed by atoms with Crippen LogP contribution in [0.25, 0.3) is 4.96 Å². The van der Waals surface area contributed by atoms with Crippen LogP contribution in [-0.2, 0) is 7.05 Å². The van der Waals surface area contributed by atoms with Crippen LogP contribution in [0.4, 0.5) is 0 Å². The molecule has 0 atom stereocenters. The van der Waals surface area contributed by atoms with E-state index in [1.54, 1.807) is 23.4 Å². The minimum Gasteiger partial charge on any atom is -0.249 e. The fraction of sp³-hybridized carbons (Fsp3) is 0.200. The third-order valence-electron chi connectivity index (χ3n) is 1.30. The van der Waals surface area contributed by atoms with Gasteiger partial charge in [-0.2, -0.15) is 0 Å². The van der Waals surface area contributed by atoms with Gasteiger partial charge >= 0.3 is 5.69 Å². The van der Waals surface area contributed by atoms with Crippen LogP contribution in [-0.4, -0.2) is 13.3 Å². The second-order valence-corrected chi connectivity index (χ2v) is 3.05. The molecule has 0 aliphatic heterocycles. The average molecular weight is 155 g/mol. The summed E-state index contributed by atoms with van der Waals surface area (Å²) >= 11 is 1.34. The molecule has 2 rings (SSSR count). The lowest BCUT2D eigenvalue weighted by molar-refractivity contribution is 0.897. The number of hydrogen-bond acceptors (Lipinski definition) is 3. The van der Waals surface area contributed by atoms with Crippen molar-refractivity contribution >= 4 is 16.5 Å². The summed E-state index contributed by atoms with van der Waals surface area (Å²) in [5.41, 5.74) is -0.0301. The lowest BCUT2D eigenvalue weighted by Crippen LogP contribution is -2.14. The number of aromatic nitrogens is 3. The Hall–Kier alpha value is -1.10. The van der Waals surface area contributed by atoms with Gasteiger partial charge in [0.05, 0.1) is 0 Å². The predicted octanol–water partition coefficient (Wildman–Crippen LogP) is 0.0945. The molecule has 0 saturated heterocycles. The van der Waals surface area contributed by atoms with Crippen molar-refractivity contribution in [2.24, 2.45) is 7.05 Å². The maximum atomic E-state index is 11.1. The van der Waals surface area contributed by atoms with Gasteiger partial charge in [-0.1, -0.05) is 0 Å². The molecule has 0 unspecified atom stereocenters. The van der Waals surface area contributed by atoms with Crippen LogP contribution in [0.5, 0.6) is 0 Å². The molecule has 0 N–H and O–H groups in total. The fourth-order valence-corrected chi connectivity index (χ4v) is 1.56. The quantitative estimate of drug-likeness (QED) is 0.541. The van der Waals surface area contributed by atoms with E-state index in [0.29, 0.717) is 0 Å². The summed E-state index contributed by atoms with van der Waals surface area (Å²) in [4.78, 5) is 15.8. The lowest BCUT2D eigenvalue weighted by Gasteiger charge is -1.77. The Labute approximate surface area is 60.5 Å². The smallest absolute Gasteiger partial charge is 0.249 e. The number of hydrogen-bond donors (Lipinski definition) is 0. The highest BCUT2D eigenvalue weighted by Gasteiger charge is 2.01. The van der Waals surface area contributed by atoms with Crippen LogP contribution >= 0.6 is 11.5 Å². The zero-order valence-electron chi connectivity index (χ0n) is 5.31. The van der Waals surface area contributed by atoms with Gasteiger partial charge < -0.3 is 0 Å². The SMILES string of the molecule is Cn1sc2nccn2c1=O. The van der Waals surface area contributed by atoms with Crippen LogP contribution in [0.2, 0.25) is 0 Å². The highest BCUT2D eigenvalue weighted by atomic mass is 32.1. The first-order chi connectivity index (χ1) is 4.79. The third-order valence-corrected chi connectivity index (χ3v) is 2.20. The Kier molecular flexibility index (Phi) is 0.960. The van der Waals surface area contributed by atoms with Crippen molar-refractivity contribution < 1.29 is 0 Å². The zero-order chi connectivity index (χ0) is 7.14. The first kappa shape index (κ1) is 5.67.